The molecule has 2 aromatic carbocycles. The van der Waals surface area contributed by atoms with E-state index in [1.165, 1.54) is 0 Å². The Hall–Kier alpha value is -3.17. The van der Waals surface area contributed by atoms with E-state index in [2.05, 4.69) is 16.2 Å². The molecule has 0 atom stereocenters. The number of benzene rings is 2. The van der Waals surface area contributed by atoms with Crippen LogP contribution in [0.1, 0.15) is 11.1 Å². The SMILES string of the molecule is Cc1ccc(-c2c(-n3ncc(=O)[nH]c3=O)ccc(CC#N)c2Cl)cc1. The molecular formula is C18H13ClN4O2. The third kappa shape index (κ3) is 3.23. The highest BCUT2D eigenvalue weighted by atomic mass is 35.5. The van der Waals surface area contributed by atoms with Crippen LogP contribution in [0.2, 0.25) is 5.02 Å². The summed E-state index contributed by atoms with van der Waals surface area (Å²) in [5, 5.41) is 13.3. The van der Waals surface area contributed by atoms with Gasteiger partial charge in [-0.3, -0.25) is 9.78 Å². The lowest BCUT2D eigenvalue weighted by Gasteiger charge is -2.15. The standard InChI is InChI=1S/C18H13ClN4O2/c1-11-2-4-12(5-3-11)16-14(7-6-13(8-9-20)17(16)19)23-18(25)22-15(24)10-21-23/h2-7,10H,8H2,1H3,(H,22,24,25). The van der Waals surface area contributed by atoms with Crippen LogP contribution >= 0.6 is 11.6 Å². The fourth-order valence-corrected chi connectivity index (χ4v) is 2.86. The van der Waals surface area contributed by atoms with Gasteiger partial charge in [-0.05, 0) is 24.1 Å². The molecule has 0 radical (unpaired) electrons. The lowest BCUT2D eigenvalue weighted by Crippen LogP contribution is -2.30. The van der Waals surface area contributed by atoms with Crippen LogP contribution in [-0.4, -0.2) is 14.8 Å². The van der Waals surface area contributed by atoms with Gasteiger partial charge in [0.15, 0.2) is 0 Å². The molecule has 0 fully saturated rings. The van der Waals surface area contributed by atoms with Crippen molar-refractivity contribution in [2.75, 3.05) is 0 Å². The molecule has 3 aromatic rings. The number of hydrogen-bond acceptors (Lipinski definition) is 4. The molecule has 0 amide bonds. The van der Waals surface area contributed by atoms with Gasteiger partial charge in [0, 0.05) is 5.56 Å². The van der Waals surface area contributed by atoms with Crippen molar-refractivity contribution >= 4 is 11.6 Å². The molecule has 3 rings (SSSR count). The summed E-state index contributed by atoms with van der Waals surface area (Å²) in [7, 11) is 0. The van der Waals surface area contributed by atoms with E-state index in [0.717, 1.165) is 22.0 Å². The first-order chi connectivity index (χ1) is 12.0. The Morgan fingerprint density at radius 1 is 1.20 bits per heavy atom. The maximum atomic E-state index is 12.1. The number of rotatable bonds is 3. The van der Waals surface area contributed by atoms with Crippen LogP contribution in [0.5, 0.6) is 0 Å². The number of aryl methyl sites for hydroxylation is 1. The Labute approximate surface area is 147 Å². The van der Waals surface area contributed by atoms with Gasteiger partial charge in [-0.2, -0.15) is 15.0 Å². The van der Waals surface area contributed by atoms with Crippen molar-refractivity contribution in [3.05, 3.63) is 79.6 Å². The minimum Gasteiger partial charge on any atom is -0.271 e. The molecule has 6 nitrogen and oxygen atoms in total. The van der Waals surface area contributed by atoms with E-state index in [9.17, 15) is 9.59 Å². The zero-order chi connectivity index (χ0) is 18.0. The zero-order valence-corrected chi connectivity index (χ0v) is 14.0. The van der Waals surface area contributed by atoms with Crippen molar-refractivity contribution in [1.29, 1.82) is 5.26 Å². The highest BCUT2D eigenvalue weighted by Gasteiger charge is 2.17. The summed E-state index contributed by atoms with van der Waals surface area (Å²) in [6.07, 6.45) is 1.17. The molecule has 7 heteroatoms. The van der Waals surface area contributed by atoms with Crippen molar-refractivity contribution in [1.82, 2.24) is 14.8 Å². The lowest BCUT2D eigenvalue weighted by atomic mass is 9.98. The third-order valence-electron chi connectivity index (χ3n) is 3.75. The summed E-state index contributed by atoms with van der Waals surface area (Å²) in [5.74, 6) is 0. The average Bonchev–Trinajstić information content (AvgIpc) is 2.58. The predicted molar refractivity (Wildman–Crippen MR) is 95.0 cm³/mol. The van der Waals surface area contributed by atoms with Crippen LogP contribution < -0.4 is 11.2 Å². The zero-order valence-electron chi connectivity index (χ0n) is 13.3. The molecule has 25 heavy (non-hydrogen) atoms. The molecule has 124 valence electrons. The summed E-state index contributed by atoms with van der Waals surface area (Å²) in [4.78, 5) is 25.6. The van der Waals surface area contributed by atoms with E-state index >= 15 is 0 Å². The largest absolute Gasteiger partial charge is 0.349 e. The van der Waals surface area contributed by atoms with Gasteiger partial charge in [-0.15, -0.1) is 0 Å². The Morgan fingerprint density at radius 3 is 2.56 bits per heavy atom. The number of nitrogens with one attached hydrogen (secondary N) is 1. The summed E-state index contributed by atoms with van der Waals surface area (Å²) in [5.41, 5.74) is 2.28. The minimum absolute atomic E-state index is 0.145. The molecular weight excluding hydrogens is 340 g/mol. The van der Waals surface area contributed by atoms with Gasteiger partial charge in [0.25, 0.3) is 5.56 Å². The molecule has 1 aromatic heterocycles. The molecule has 0 saturated heterocycles. The van der Waals surface area contributed by atoms with E-state index in [1.54, 1.807) is 12.1 Å². The Morgan fingerprint density at radius 2 is 1.92 bits per heavy atom. The average molecular weight is 353 g/mol. The van der Waals surface area contributed by atoms with E-state index in [0.29, 0.717) is 21.8 Å². The minimum atomic E-state index is -0.662. The maximum Gasteiger partial charge on any atom is 0.349 e. The molecule has 1 heterocycles. The Kier molecular flexibility index (Phi) is 4.50. The van der Waals surface area contributed by atoms with Crippen molar-refractivity contribution in [2.45, 2.75) is 13.3 Å². The highest BCUT2D eigenvalue weighted by Crippen LogP contribution is 2.36. The first-order valence-corrected chi connectivity index (χ1v) is 7.83. The van der Waals surface area contributed by atoms with Crippen LogP contribution in [0.4, 0.5) is 0 Å². The van der Waals surface area contributed by atoms with E-state index in [-0.39, 0.29) is 6.42 Å². The number of H-pyrrole nitrogens is 1. The van der Waals surface area contributed by atoms with Gasteiger partial charge in [0.2, 0.25) is 0 Å². The normalized spacial score (nSPS) is 10.4. The Bertz CT molecular complexity index is 1090. The fourth-order valence-electron chi connectivity index (χ4n) is 2.53. The molecule has 0 saturated carbocycles. The second-order valence-electron chi connectivity index (χ2n) is 5.48. The van der Waals surface area contributed by atoms with Gasteiger partial charge in [-0.25, -0.2) is 4.79 Å². The van der Waals surface area contributed by atoms with Crippen molar-refractivity contribution in [3.8, 4) is 22.9 Å². The second kappa shape index (κ2) is 6.75. The molecule has 0 bridgehead atoms. The van der Waals surface area contributed by atoms with Crippen molar-refractivity contribution in [3.63, 3.8) is 0 Å². The van der Waals surface area contributed by atoms with Crippen LogP contribution in [0, 0.1) is 18.3 Å². The first-order valence-electron chi connectivity index (χ1n) is 7.45. The van der Waals surface area contributed by atoms with Gasteiger partial charge in [0.1, 0.15) is 6.20 Å². The second-order valence-corrected chi connectivity index (χ2v) is 5.86. The summed E-state index contributed by atoms with van der Waals surface area (Å²) in [6.45, 7) is 1.96. The third-order valence-corrected chi connectivity index (χ3v) is 4.18. The van der Waals surface area contributed by atoms with Crippen LogP contribution in [-0.2, 0) is 6.42 Å². The van der Waals surface area contributed by atoms with Crippen molar-refractivity contribution < 1.29 is 0 Å². The monoisotopic (exact) mass is 352 g/mol. The van der Waals surface area contributed by atoms with E-state index < -0.39 is 11.2 Å². The van der Waals surface area contributed by atoms with E-state index in [4.69, 9.17) is 16.9 Å². The number of halogens is 1. The predicted octanol–water partition coefficient (Wildman–Crippen LogP) is 2.62. The Balaban J connectivity index is 2.34. The summed E-state index contributed by atoms with van der Waals surface area (Å²) in [6, 6.07) is 13.0. The molecule has 0 unspecified atom stereocenters. The molecule has 0 aliphatic rings. The molecule has 0 aliphatic heterocycles. The van der Waals surface area contributed by atoms with Gasteiger partial charge in [0.05, 0.1) is 23.2 Å². The highest BCUT2D eigenvalue weighted by molar-refractivity contribution is 6.34. The number of hydrogen-bond donors (Lipinski definition) is 1. The molecule has 0 aliphatic carbocycles. The van der Waals surface area contributed by atoms with E-state index in [1.807, 2.05) is 31.2 Å². The maximum absolute atomic E-state index is 12.1. The number of aromatic nitrogens is 3. The van der Waals surface area contributed by atoms with Gasteiger partial charge >= 0.3 is 5.69 Å². The smallest absolute Gasteiger partial charge is 0.271 e. The van der Waals surface area contributed by atoms with Crippen LogP contribution in [0.25, 0.3) is 16.8 Å². The van der Waals surface area contributed by atoms with Gasteiger partial charge < -0.3 is 0 Å². The van der Waals surface area contributed by atoms with Gasteiger partial charge in [-0.1, -0.05) is 47.5 Å². The fraction of sp³-hybridized carbons (Fsp3) is 0.111. The van der Waals surface area contributed by atoms with Crippen LogP contribution in [0.15, 0.2) is 52.2 Å². The number of aromatic amines is 1. The quantitative estimate of drug-likeness (QED) is 0.784. The summed E-state index contributed by atoms with van der Waals surface area (Å²) >= 11 is 6.53. The van der Waals surface area contributed by atoms with Crippen LogP contribution in [0.3, 0.4) is 0 Å². The first kappa shape index (κ1) is 16.7. The number of nitrogens with zero attached hydrogens (tertiary/aromatic N) is 3. The lowest BCUT2D eigenvalue weighted by molar-refractivity contribution is 0.750. The van der Waals surface area contributed by atoms with Crippen molar-refractivity contribution in [2.24, 2.45) is 0 Å². The molecule has 0 spiro atoms. The number of nitriles is 1. The molecule has 1 N–H and O–H groups in total. The summed E-state index contributed by atoms with van der Waals surface area (Å²) < 4.78 is 1.08. The topological polar surface area (TPSA) is 91.5 Å².